The van der Waals surface area contributed by atoms with Crippen molar-refractivity contribution in [2.45, 2.75) is 50.7 Å². The van der Waals surface area contributed by atoms with Crippen molar-refractivity contribution < 1.29 is 10.0 Å². The van der Waals surface area contributed by atoms with Crippen LogP contribution in [0.5, 0.6) is 0 Å². The number of hydrogen-bond acceptors (Lipinski definition) is 4. The van der Waals surface area contributed by atoms with E-state index in [9.17, 15) is 10.0 Å². The summed E-state index contributed by atoms with van der Waals surface area (Å²) in [6.07, 6.45) is 4.76. The van der Waals surface area contributed by atoms with Gasteiger partial charge in [0.25, 0.3) is 5.91 Å². The first-order valence-electron chi connectivity index (χ1n) is 11.3. The Kier molecular flexibility index (Phi) is 5.35. The third-order valence-corrected chi connectivity index (χ3v) is 7.39. The minimum atomic E-state index is -0.391. The van der Waals surface area contributed by atoms with Gasteiger partial charge in [0.1, 0.15) is 0 Å². The SMILES string of the molecule is C[C@H](c1ccccc1)N(O)C(=O)c1ccc2c(c1)CCN1C[C@H]3CCCN[C@H]3C[C@@H]21. The first-order chi connectivity index (χ1) is 14.6. The number of hydrogen-bond donors (Lipinski definition) is 2. The van der Waals surface area contributed by atoms with Gasteiger partial charge in [-0.15, -0.1) is 0 Å². The van der Waals surface area contributed by atoms with E-state index in [0.29, 0.717) is 17.6 Å². The van der Waals surface area contributed by atoms with Crippen LogP contribution in [0.15, 0.2) is 48.5 Å². The molecule has 0 saturated carbocycles. The second-order valence-electron chi connectivity index (χ2n) is 9.11. The summed E-state index contributed by atoms with van der Waals surface area (Å²) in [6.45, 7) is 5.22. The molecule has 30 heavy (non-hydrogen) atoms. The quantitative estimate of drug-likeness (QED) is 0.600. The molecular weight excluding hydrogens is 374 g/mol. The maximum absolute atomic E-state index is 13.0. The molecular formula is C25H31N3O2. The number of hydroxylamine groups is 2. The Morgan fingerprint density at radius 3 is 2.90 bits per heavy atom. The highest BCUT2D eigenvalue weighted by molar-refractivity contribution is 5.94. The average molecular weight is 406 g/mol. The Labute approximate surface area is 178 Å². The summed E-state index contributed by atoms with van der Waals surface area (Å²) in [4.78, 5) is 15.6. The average Bonchev–Trinajstić information content (AvgIpc) is 2.81. The molecule has 5 rings (SSSR count). The molecule has 2 aromatic carbocycles. The highest BCUT2D eigenvalue weighted by Crippen LogP contribution is 2.40. The van der Waals surface area contributed by atoms with Crippen LogP contribution in [-0.2, 0) is 6.42 Å². The molecule has 2 N–H and O–H groups in total. The summed E-state index contributed by atoms with van der Waals surface area (Å²) in [5.74, 6) is 0.439. The van der Waals surface area contributed by atoms with E-state index in [1.165, 1.54) is 30.5 Å². The minimum absolute atomic E-state index is 0.339. The number of rotatable bonds is 3. The van der Waals surface area contributed by atoms with Gasteiger partial charge >= 0.3 is 0 Å². The fraction of sp³-hybridized carbons (Fsp3) is 0.480. The topological polar surface area (TPSA) is 55.8 Å². The molecule has 4 atom stereocenters. The van der Waals surface area contributed by atoms with Crippen LogP contribution in [0.4, 0.5) is 0 Å². The molecule has 3 aliphatic rings. The summed E-state index contributed by atoms with van der Waals surface area (Å²) in [5, 5.41) is 15.2. The fourth-order valence-electron chi connectivity index (χ4n) is 5.63. The number of carbonyl (C=O) groups is 1. The molecule has 0 aliphatic carbocycles. The largest absolute Gasteiger partial charge is 0.314 e. The summed E-state index contributed by atoms with van der Waals surface area (Å²) < 4.78 is 0. The van der Waals surface area contributed by atoms with Gasteiger partial charge in [0.05, 0.1) is 6.04 Å². The van der Waals surface area contributed by atoms with Gasteiger partial charge in [-0.1, -0.05) is 36.4 Å². The summed E-state index contributed by atoms with van der Waals surface area (Å²) in [7, 11) is 0. The van der Waals surface area contributed by atoms with Crippen molar-refractivity contribution in [3.63, 3.8) is 0 Å². The van der Waals surface area contributed by atoms with E-state index in [4.69, 9.17) is 0 Å². The van der Waals surface area contributed by atoms with E-state index < -0.39 is 6.04 Å². The Hall–Kier alpha value is -2.21. The fourth-order valence-corrected chi connectivity index (χ4v) is 5.63. The van der Waals surface area contributed by atoms with Gasteiger partial charge in [0.15, 0.2) is 0 Å². The van der Waals surface area contributed by atoms with Gasteiger partial charge in [-0.25, -0.2) is 5.06 Å². The lowest BCUT2D eigenvalue weighted by molar-refractivity contribution is -0.0854. The molecule has 158 valence electrons. The molecule has 5 nitrogen and oxygen atoms in total. The van der Waals surface area contributed by atoms with Crippen molar-refractivity contribution in [2.24, 2.45) is 5.92 Å². The number of fused-ring (bicyclic) bond motifs is 4. The highest BCUT2D eigenvalue weighted by atomic mass is 16.5. The van der Waals surface area contributed by atoms with Crippen molar-refractivity contribution in [1.82, 2.24) is 15.3 Å². The van der Waals surface area contributed by atoms with Crippen LogP contribution in [0.25, 0.3) is 0 Å². The standard InChI is InChI=1S/C25H31N3O2/c1-17(18-6-3-2-4-7-18)28(30)25(29)20-9-10-22-19(14-20)11-13-27-16-21-8-5-12-26-23(21)15-24(22)27/h2-4,6-7,9-10,14,17,21,23-24,26,30H,5,8,11-13,15-16H2,1H3/t17-,21-,23+,24+/m1/s1. The molecule has 2 fully saturated rings. The molecule has 3 aliphatic heterocycles. The highest BCUT2D eigenvalue weighted by Gasteiger charge is 2.39. The van der Waals surface area contributed by atoms with E-state index >= 15 is 0 Å². The van der Waals surface area contributed by atoms with Crippen molar-refractivity contribution >= 4 is 5.91 Å². The molecule has 1 amide bonds. The van der Waals surface area contributed by atoms with Crippen LogP contribution in [0.3, 0.4) is 0 Å². The van der Waals surface area contributed by atoms with Gasteiger partial charge in [-0.05, 0) is 73.9 Å². The lowest BCUT2D eigenvalue weighted by atomic mass is 9.77. The summed E-state index contributed by atoms with van der Waals surface area (Å²) in [6, 6.07) is 16.3. The van der Waals surface area contributed by atoms with E-state index in [1.54, 1.807) is 0 Å². The van der Waals surface area contributed by atoms with E-state index in [-0.39, 0.29) is 5.91 Å². The van der Waals surface area contributed by atoms with Crippen molar-refractivity contribution in [3.8, 4) is 0 Å². The Bertz CT molecular complexity index is 916. The van der Waals surface area contributed by atoms with Gasteiger partial charge < -0.3 is 5.32 Å². The normalized spacial score (nSPS) is 26.8. The monoisotopic (exact) mass is 405 g/mol. The van der Waals surface area contributed by atoms with Crippen LogP contribution in [0.2, 0.25) is 0 Å². The lowest BCUT2D eigenvalue weighted by Crippen LogP contribution is -2.54. The molecule has 0 radical (unpaired) electrons. The predicted molar refractivity (Wildman–Crippen MR) is 116 cm³/mol. The zero-order valence-corrected chi connectivity index (χ0v) is 17.6. The van der Waals surface area contributed by atoms with Gasteiger partial charge in [-0.2, -0.15) is 0 Å². The molecule has 0 bridgehead atoms. The first-order valence-corrected chi connectivity index (χ1v) is 11.3. The zero-order chi connectivity index (χ0) is 20.7. The van der Waals surface area contributed by atoms with Crippen molar-refractivity contribution in [2.75, 3.05) is 19.6 Å². The zero-order valence-electron chi connectivity index (χ0n) is 17.6. The molecule has 3 heterocycles. The molecule has 5 heteroatoms. The van der Waals surface area contributed by atoms with Crippen molar-refractivity contribution in [3.05, 3.63) is 70.8 Å². The molecule has 2 saturated heterocycles. The second kappa shape index (κ2) is 8.14. The third-order valence-electron chi connectivity index (χ3n) is 7.39. The smallest absolute Gasteiger partial charge is 0.277 e. The van der Waals surface area contributed by atoms with Crippen molar-refractivity contribution in [1.29, 1.82) is 0 Å². The van der Waals surface area contributed by atoms with Crippen LogP contribution in [-0.4, -0.2) is 46.8 Å². The van der Waals surface area contributed by atoms with E-state index in [1.807, 2.05) is 49.4 Å². The number of benzene rings is 2. The minimum Gasteiger partial charge on any atom is -0.314 e. The predicted octanol–water partition coefficient (Wildman–Crippen LogP) is 3.95. The van der Waals surface area contributed by atoms with Crippen LogP contribution < -0.4 is 5.32 Å². The number of carbonyl (C=O) groups excluding carboxylic acids is 1. The summed E-state index contributed by atoms with van der Waals surface area (Å²) in [5.41, 5.74) is 4.11. The number of amides is 1. The van der Waals surface area contributed by atoms with Gasteiger partial charge in [0.2, 0.25) is 0 Å². The van der Waals surface area contributed by atoms with Crippen LogP contribution >= 0.6 is 0 Å². The number of piperidine rings is 2. The Morgan fingerprint density at radius 1 is 1.23 bits per heavy atom. The maximum Gasteiger partial charge on any atom is 0.277 e. The Morgan fingerprint density at radius 2 is 2.07 bits per heavy atom. The third kappa shape index (κ3) is 3.55. The van der Waals surface area contributed by atoms with Crippen LogP contribution in [0.1, 0.15) is 65.3 Å². The lowest BCUT2D eigenvalue weighted by Gasteiger charge is -2.49. The molecule has 0 spiro atoms. The van der Waals surface area contributed by atoms with Gasteiger partial charge in [-0.3, -0.25) is 14.9 Å². The Balaban J connectivity index is 1.35. The van der Waals surface area contributed by atoms with E-state index in [2.05, 4.69) is 16.3 Å². The maximum atomic E-state index is 13.0. The van der Waals surface area contributed by atoms with Gasteiger partial charge in [0, 0.05) is 30.7 Å². The number of nitrogens with one attached hydrogen (secondary N) is 1. The molecule has 0 aromatic heterocycles. The van der Waals surface area contributed by atoms with Crippen LogP contribution in [0, 0.1) is 5.92 Å². The molecule has 2 aromatic rings. The molecule has 0 unspecified atom stereocenters. The second-order valence-corrected chi connectivity index (χ2v) is 9.11. The van der Waals surface area contributed by atoms with E-state index in [0.717, 1.165) is 42.5 Å². The summed E-state index contributed by atoms with van der Waals surface area (Å²) >= 11 is 0. The number of nitrogens with zero attached hydrogens (tertiary/aromatic N) is 2. The first kappa shape index (κ1) is 19.7.